The molecule has 0 amide bonds. The van der Waals surface area contributed by atoms with E-state index in [0.717, 1.165) is 10.4 Å². The molecule has 0 saturated carbocycles. The average molecular weight is 250 g/mol. The zero-order valence-electron chi connectivity index (χ0n) is 9.90. The largest absolute Gasteiger partial charge is 0.380 e. The molecule has 1 atom stereocenters. The second kappa shape index (κ2) is 4.59. The fraction of sp³-hybridized carbons (Fsp3) is 0.286. The zero-order chi connectivity index (χ0) is 12.5. The van der Waals surface area contributed by atoms with Gasteiger partial charge in [0.05, 0.1) is 0 Å². The Labute approximate surface area is 105 Å². The van der Waals surface area contributed by atoms with Crippen LogP contribution in [0.3, 0.4) is 0 Å². The molecule has 1 unspecified atom stereocenters. The SMILES string of the molecule is CCC(O)(c1ccccc1F)c1ccsc1C. The predicted octanol–water partition coefficient (Wildman–Crippen LogP) is 3.84. The Bertz CT molecular complexity index is 520. The molecule has 0 aliphatic heterocycles. The highest BCUT2D eigenvalue weighted by atomic mass is 32.1. The lowest BCUT2D eigenvalue weighted by atomic mass is 9.84. The van der Waals surface area contributed by atoms with Crippen molar-refractivity contribution in [3.05, 3.63) is 57.5 Å². The van der Waals surface area contributed by atoms with E-state index in [-0.39, 0.29) is 5.82 Å². The van der Waals surface area contributed by atoms with E-state index < -0.39 is 5.60 Å². The van der Waals surface area contributed by atoms with E-state index in [0.29, 0.717) is 12.0 Å². The molecule has 0 radical (unpaired) electrons. The van der Waals surface area contributed by atoms with Gasteiger partial charge in [0.15, 0.2) is 0 Å². The van der Waals surface area contributed by atoms with Crippen LogP contribution in [-0.2, 0) is 5.60 Å². The molecule has 0 bridgehead atoms. The molecule has 1 aromatic heterocycles. The summed E-state index contributed by atoms with van der Waals surface area (Å²) in [6, 6.07) is 8.29. The summed E-state index contributed by atoms with van der Waals surface area (Å²) >= 11 is 1.56. The zero-order valence-corrected chi connectivity index (χ0v) is 10.7. The van der Waals surface area contributed by atoms with Crippen molar-refractivity contribution >= 4 is 11.3 Å². The van der Waals surface area contributed by atoms with Gasteiger partial charge in [-0.05, 0) is 30.9 Å². The molecule has 1 heterocycles. The molecule has 0 fully saturated rings. The summed E-state index contributed by atoms with van der Waals surface area (Å²) in [4.78, 5) is 1.03. The van der Waals surface area contributed by atoms with E-state index >= 15 is 0 Å². The Kier molecular flexibility index (Phi) is 3.31. The van der Waals surface area contributed by atoms with Crippen LogP contribution < -0.4 is 0 Å². The van der Waals surface area contributed by atoms with Gasteiger partial charge in [0, 0.05) is 16.0 Å². The Morgan fingerprint density at radius 1 is 1.24 bits per heavy atom. The fourth-order valence-corrected chi connectivity index (χ4v) is 2.91. The van der Waals surface area contributed by atoms with Crippen LogP contribution >= 0.6 is 11.3 Å². The monoisotopic (exact) mass is 250 g/mol. The molecule has 1 N–H and O–H groups in total. The molecule has 2 rings (SSSR count). The molecule has 0 aliphatic carbocycles. The number of aryl methyl sites for hydroxylation is 1. The van der Waals surface area contributed by atoms with Crippen LogP contribution in [0, 0.1) is 12.7 Å². The van der Waals surface area contributed by atoms with Crippen molar-refractivity contribution in [3.8, 4) is 0 Å². The molecule has 90 valence electrons. The van der Waals surface area contributed by atoms with Crippen LogP contribution in [0.1, 0.15) is 29.3 Å². The standard InChI is InChI=1S/C14H15FOS/c1-3-14(16,11-8-9-17-10(11)2)12-6-4-5-7-13(12)15/h4-9,16H,3H2,1-2H3. The summed E-state index contributed by atoms with van der Waals surface area (Å²) in [5, 5.41) is 12.7. The lowest BCUT2D eigenvalue weighted by Crippen LogP contribution is -2.27. The highest BCUT2D eigenvalue weighted by Gasteiger charge is 2.33. The minimum absolute atomic E-state index is 0.351. The van der Waals surface area contributed by atoms with Crippen LogP contribution in [0.4, 0.5) is 4.39 Å². The molecule has 0 aliphatic rings. The normalized spacial score (nSPS) is 14.6. The van der Waals surface area contributed by atoms with Crippen molar-refractivity contribution in [1.82, 2.24) is 0 Å². The van der Waals surface area contributed by atoms with Gasteiger partial charge in [0.25, 0.3) is 0 Å². The van der Waals surface area contributed by atoms with Crippen molar-refractivity contribution in [2.45, 2.75) is 25.9 Å². The minimum Gasteiger partial charge on any atom is -0.380 e. The topological polar surface area (TPSA) is 20.2 Å². The smallest absolute Gasteiger partial charge is 0.129 e. The summed E-state index contributed by atoms with van der Waals surface area (Å²) in [6.07, 6.45) is 0.450. The molecular weight excluding hydrogens is 235 g/mol. The van der Waals surface area contributed by atoms with E-state index in [9.17, 15) is 9.50 Å². The third-order valence-corrected chi connectivity index (χ3v) is 3.98. The van der Waals surface area contributed by atoms with Gasteiger partial charge in [-0.2, -0.15) is 0 Å². The molecule has 1 nitrogen and oxygen atoms in total. The average Bonchev–Trinajstić information content (AvgIpc) is 2.76. The van der Waals surface area contributed by atoms with Crippen LogP contribution in [0.5, 0.6) is 0 Å². The molecule has 17 heavy (non-hydrogen) atoms. The summed E-state index contributed by atoms with van der Waals surface area (Å²) in [6.45, 7) is 3.81. The van der Waals surface area contributed by atoms with E-state index in [1.54, 1.807) is 29.5 Å². The maximum absolute atomic E-state index is 13.8. The van der Waals surface area contributed by atoms with Gasteiger partial charge in [-0.1, -0.05) is 25.1 Å². The molecule has 3 heteroatoms. The van der Waals surface area contributed by atoms with Gasteiger partial charge in [0.2, 0.25) is 0 Å². The maximum Gasteiger partial charge on any atom is 0.129 e. The van der Waals surface area contributed by atoms with Crippen LogP contribution in [-0.4, -0.2) is 5.11 Å². The molecule has 1 aromatic carbocycles. The Hall–Kier alpha value is -1.19. The van der Waals surface area contributed by atoms with Crippen molar-refractivity contribution < 1.29 is 9.50 Å². The first kappa shape index (κ1) is 12.3. The van der Waals surface area contributed by atoms with Crippen LogP contribution in [0.2, 0.25) is 0 Å². The highest BCUT2D eigenvalue weighted by Crippen LogP contribution is 2.37. The van der Waals surface area contributed by atoms with Crippen molar-refractivity contribution in [2.75, 3.05) is 0 Å². The first-order valence-electron chi connectivity index (χ1n) is 5.61. The second-order valence-corrected chi connectivity index (χ2v) is 5.20. The molecule has 2 aromatic rings. The number of aliphatic hydroxyl groups is 1. The van der Waals surface area contributed by atoms with E-state index in [2.05, 4.69) is 0 Å². The third-order valence-electron chi connectivity index (χ3n) is 3.14. The quantitative estimate of drug-likeness (QED) is 0.877. The van der Waals surface area contributed by atoms with Gasteiger partial charge in [-0.3, -0.25) is 0 Å². The number of rotatable bonds is 3. The van der Waals surface area contributed by atoms with Crippen molar-refractivity contribution in [1.29, 1.82) is 0 Å². The van der Waals surface area contributed by atoms with Gasteiger partial charge in [0.1, 0.15) is 11.4 Å². The fourth-order valence-electron chi connectivity index (χ4n) is 2.14. The summed E-state index contributed by atoms with van der Waals surface area (Å²) in [7, 11) is 0. The van der Waals surface area contributed by atoms with E-state index in [4.69, 9.17) is 0 Å². The number of hydrogen-bond donors (Lipinski definition) is 1. The van der Waals surface area contributed by atoms with Gasteiger partial charge in [-0.15, -0.1) is 11.3 Å². The number of halogens is 1. The predicted molar refractivity (Wildman–Crippen MR) is 68.7 cm³/mol. The first-order valence-corrected chi connectivity index (χ1v) is 6.49. The third kappa shape index (κ3) is 2.01. The Balaban J connectivity index is 2.60. The Morgan fingerprint density at radius 2 is 1.94 bits per heavy atom. The van der Waals surface area contributed by atoms with Crippen molar-refractivity contribution in [2.24, 2.45) is 0 Å². The van der Waals surface area contributed by atoms with Crippen molar-refractivity contribution in [3.63, 3.8) is 0 Å². The van der Waals surface area contributed by atoms with E-state index in [1.165, 1.54) is 6.07 Å². The summed E-state index contributed by atoms with van der Waals surface area (Å²) in [5.41, 5.74) is -0.0748. The van der Waals surface area contributed by atoms with Crippen LogP contribution in [0.15, 0.2) is 35.7 Å². The first-order chi connectivity index (χ1) is 8.09. The number of benzene rings is 1. The lowest BCUT2D eigenvalue weighted by molar-refractivity contribution is 0.0724. The van der Waals surface area contributed by atoms with Gasteiger partial charge >= 0.3 is 0 Å². The number of hydrogen-bond acceptors (Lipinski definition) is 2. The summed E-state index contributed by atoms with van der Waals surface area (Å²) in [5.74, 6) is -0.359. The second-order valence-electron chi connectivity index (χ2n) is 4.08. The van der Waals surface area contributed by atoms with Gasteiger partial charge < -0.3 is 5.11 Å². The highest BCUT2D eigenvalue weighted by molar-refractivity contribution is 7.10. The minimum atomic E-state index is -1.23. The van der Waals surface area contributed by atoms with Crippen LogP contribution in [0.25, 0.3) is 0 Å². The Morgan fingerprint density at radius 3 is 2.47 bits per heavy atom. The van der Waals surface area contributed by atoms with Gasteiger partial charge in [-0.25, -0.2) is 4.39 Å². The molecule has 0 spiro atoms. The lowest BCUT2D eigenvalue weighted by Gasteiger charge is -2.28. The maximum atomic E-state index is 13.8. The van der Waals surface area contributed by atoms with E-state index in [1.807, 2.05) is 25.3 Å². The number of thiophene rings is 1. The summed E-state index contributed by atoms with van der Waals surface area (Å²) < 4.78 is 13.8. The molecular formula is C14H15FOS. The molecule has 0 saturated heterocycles.